The molecule has 4 rings (SSSR count). The highest BCUT2D eigenvalue weighted by molar-refractivity contribution is 5.95. The zero-order valence-corrected chi connectivity index (χ0v) is 18.3. The molecule has 1 atom stereocenters. The Morgan fingerprint density at radius 3 is 2.59 bits per heavy atom. The fourth-order valence-corrected chi connectivity index (χ4v) is 3.43. The lowest BCUT2D eigenvalue weighted by molar-refractivity contribution is -0.135. The molecule has 166 valence electrons. The molecule has 2 aromatic carbocycles. The number of aromatic amines is 1. The monoisotopic (exact) mass is 436 g/mol. The molecule has 2 heterocycles. The molecule has 1 N–H and O–H groups in total. The number of amides is 1. The van der Waals surface area contributed by atoms with Gasteiger partial charge in [-0.3, -0.25) is 9.89 Å². The van der Waals surface area contributed by atoms with Crippen molar-refractivity contribution in [2.75, 3.05) is 20.8 Å². The number of nitrogens with zero attached hydrogens (tertiary/aromatic N) is 3. The summed E-state index contributed by atoms with van der Waals surface area (Å²) in [6.45, 7) is 3.91. The number of H-pyrrole nitrogens is 1. The van der Waals surface area contributed by atoms with Crippen molar-refractivity contribution in [1.29, 1.82) is 0 Å². The van der Waals surface area contributed by atoms with Gasteiger partial charge in [-0.15, -0.1) is 5.10 Å². The Hall–Kier alpha value is -4.01. The van der Waals surface area contributed by atoms with Crippen molar-refractivity contribution in [3.05, 3.63) is 59.8 Å². The van der Waals surface area contributed by atoms with E-state index in [4.69, 9.17) is 18.9 Å². The maximum Gasteiger partial charge on any atom is 0.259 e. The minimum atomic E-state index is -0.746. The van der Waals surface area contributed by atoms with Crippen molar-refractivity contribution in [2.45, 2.75) is 20.1 Å². The largest absolute Gasteiger partial charge is 0.493 e. The molecule has 0 radical (unpaired) electrons. The van der Waals surface area contributed by atoms with E-state index in [-0.39, 0.29) is 11.8 Å². The standard InChI is InChI=1S/C23H24N4O5/c1-5-31-19-9-7-6-8-16(19)17-13-18(25-24-17)22-26-27(14(2)28)23(32-22)15-10-11-20(29-3)21(12-15)30-4/h6-13,23H,5H2,1-4H3,(H,24,25)/t23-/m0/s1. The maximum atomic E-state index is 12.3. The summed E-state index contributed by atoms with van der Waals surface area (Å²) in [4.78, 5) is 12.3. The summed E-state index contributed by atoms with van der Waals surface area (Å²) in [5.74, 6) is 1.84. The Labute approximate surface area is 185 Å². The maximum absolute atomic E-state index is 12.3. The van der Waals surface area contributed by atoms with Crippen molar-refractivity contribution < 1.29 is 23.7 Å². The van der Waals surface area contributed by atoms with Gasteiger partial charge in [0.25, 0.3) is 5.90 Å². The molecule has 0 bridgehead atoms. The summed E-state index contributed by atoms with van der Waals surface area (Å²) in [6.07, 6.45) is -0.746. The number of benzene rings is 2. The first-order valence-corrected chi connectivity index (χ1v) is 10.1. The number of hydrogen-bond donors (Lipinski definition) is 1. The van der Waals surface area contributed by atoms with Crippen LogP contribution < -0.4 is 14.2 Å². The number of rotatable bonds is 7. The van der Waals surface area contributed by atoms with Crippen LogP contribution in [-0.4, -0.2) is 47.8 Å². The molecule has 1 aromatic heterocycles. The van der Waals surface area contributed by atoms with Crippen LogP contribution in [0.3, 0.4) is 0 Å². The van der Waals surface area contributed by atoms with Crippen LogP contribution in [0.1, 0.15) is 31.3 Å². The van der Waals surface area contributed by atoms with Crippen molar-refractivity contribution in [3.63, 3.8) is 0 Å². The summed E-state index contributed by atoms with van der Waals surface area (Å²) in [5.41, 5.74) is 2.76. The van der Waals surface area contributed by atoms with E-state index >= 15 is 0 Å². The van der Waals surface area contributed by atoms with Gasteiger partial charge in [0.1, 0.15) is 11.4 Å². The lowest BCUT2D eigenvalue weighted by atomic mass is 10.1. The average Bonchev–Trinajstić information content (AvgIpc) is 3.47. The van der Waals surface area contributed by atoms with Crippen LogP contribution in [0.2, 0.25) is 0 Å². The van der Waals surface area contributed by atoms with Gasteiger partial charge in [-0.2, -0.15) is 10.1 Å². The Morgan fingerprint density at radius 2 is 1.88 bits per heavy atom. The Morgan fingerprint density at radius 1 is 1.09 bits per heavy atom. The Kier molecular flexibility index (Phi) is 5.98. The molecule has 3 aromatic rings. The molecular formula is C23H24N4O5. The number of hydrogen-bond acceptors (Lipinski definition) is 7. The molecule has 0 spiro atoms. The number of aromatic nitrogens is 2. The molecule has 1 aliphatic rings. The third-order valence-corrected chi connectivity index (χ3v) is 4.93. The molecule has 9 nitrogen and oxygen atoms in total. The number of hydrazone groups is 1. The van der Waals surface area contributed by atoms with E-state index in [1.165, 1.54) is 11.9 Å². The second-order valence-electron chi connectivity index (χ2n) is 6.95. The first-order valence-electron chi connectivity index (χ1n) is 10.1. The van der Waals surface area contributed by atoms with Crippen LogP contribution in [0.25, 0.3) is 11.3 Å². The first kappa shape index (κ1) is 21.2. The Balaban J connectivity index is 1.64. The van der Waals surface area contributed by atoms with E-state index in [0.717, 1.165) is 11.3 Å². The molecule has 0 aliphatic carbocycles. The van der Waals surface area contributed by atoms with E-state index in [0.29, 0.717) is 35.1 Å². The number of para-hydroxylation sites is 1. The van der Waals surface area contributed by atoms with Gasteiger partial charge in [0.2, 0.25) is 12.1 Å². The van der Waals surface area contributed by atoms with Gasteiger partial charge < -0.3 is 18.9 Å². The third-order valence-electron chi connectivity index (χ3n) is 4.93. The van der Waals surface area contributed by atoms with Crippen LogP contribution in [-0.2, 0) is 9.53 Å². The molecule has 0 saturated carbocycles. The van der Waals surface area contributed by atoms with E-state index in [1.807, 2.05) is 37.3 Å². The van der Waals surface area contributed by atoms with Crippen LogP contribution in [0.4, 0.5) is 0 Å². The van der Waals surface area contributed by atoms with E-state index < -0.39 is 6.23 Å². The number of ether oxygens (including phenoxy) is 4. The highest BCUT2D eigenvalue weighted by atomic mass is 16.5. The zero-order valence-electron chi connectivity index (χ0n) is 18.3. The smallest absolute Gasteiger partial charge is 0.259 e. The Bertz CT molecular complexity index is 1160. The van der Waals surface area contributed by atoms with Gasteiger partial charge >= 0.3 is 0 Å². The van der Waals surface area contributed by atoms with Crippen molar-refractivity contribution >= 4 is 11.8 Å². The summed E-state index contributed by atoms with van der Waals surface area (Å²) in [7, 11) is 3.11. The molecule has 1 amide bonds. The second-order valence-corrected chi connectivity index (χ2v) is 6.95. The van der Waals surface area contributed by atoms with Gasteiger partial charge in [-0.25, -0.2) is 0 Å². The second kappa shape index (κ2) is 9.01. The molecule has 9 heteroatoms. The molecular weight excluding hydrogens is 412 g/mol. The van der Waals surface area contributed by atoms with Crippen LogP contribution in [0.15, 0.2) is 53.6 Å². The van der Waals surface area contributed by atoms with Crippen LogP contribution in [0, 0.1) is 0 Å². The quantitative estimate of drug-likeness (QED) is 0.606. The zero-order chi connectivity index (χ0) is 22.7. The topological polar surface area (TPSA) is 98.3 Å². The number of nitrogens with one attached hydrogen (secondary N) is 1. The van der Waals surface area contributed by atoms with E-state index in [9.17, 15) is 4.79 Å². The molecule has 0 unspecified atom stereocenters. The van der Waals surface area contributed by atoms with E-state index in [2.05, 4.69) is 15.3 Å². The number of carbonyl (C=O) groups is 1. The van der Waals surface area contributed by atoms with Crippen LogP contribution in [0.5, 0.6) is 17.2 Å². The SMILES string of the molecule is CCOc1ccccc1-c1cc(C2=NN(C(C)=O)[C@H](c3ccc(OC)c(OC)c3)O2)[nH]n1. The summed E-state index contributed by atoms with van der Waals surface area (Å²) in [6, 6.07) is 14.8. The molecule has 0 saturated heterocycles. The van der Waals surface area contributed by atoms with Gasteiger partial charge in [-0.05, 0) is 43.3 Å². The molecule has 0 fully saturated rings. The first-order chi connectivity index (χ1) is 15.5. The van der Waals surface area contributed by atoms with Crippen molar-refractivity contribution in [1.82, 2.24) is 15.2 Å². The van der Waals surface area contributed by atoms with Gasteiger partial charge in [0.05, 0.1) is 26.5 Å². The van der Waals surface area contributed by atoms with E-state index in [1.54, 1.807) is 32.4 Å². The average molecular weight is 436 g/mol. The summed E-state index contributed by atoms with van der Waals surface area (Å²) >= 11 is 0. The minimum Gasteiger partial charge on any atom is -0.493 e. The predicted molar refractivity (Wildman–Crippen MR) is 118 cm³/mol. The van der Waals surface area contributed by atoms with Gasteiger partial charge in [0.15, 0.2) is 11.5 Å². The van der Waals surface area contributed by atoms with Crippen molar-refractivity contribution in [3.8, 4) is 28.5 Å². The lowest BCUT2D eigenvalue weighted by Gasteiger charge is -2.20. The summed E-state index contributed by atoms with van der Waals surface area (Å²) < 4.78 is 22.4. The number of carbonyl (C=O) groups excluding carboxylic acids is 1. The lowest BCUT2D eigenvalue weighted by Crippen LogP contribution is -2.25. The fourth-order valence-electron chi connectivity index (χ4n) is 3.43. The molecule has 32 heavy (non-hydrogen) atoms. The van der Waals surface area contributed by atoms with Crippen molar-refractivity contribution in [2.24, 2.45) is 5.10 Å². The highest BCUT2D eigenvalue weighted by Crippen LogP contribution is 2.36. The minimum absolute atomic E-state index is 0.257. The van der Waals surface area contributed by atoms with Gasteiger partial charge in [0, 0.05) is 18.1 Å². The van der Waals surface area contributed by atoms with Gasteiger partial charge in [-0.1, -0.05) is 12.1 Å². The normalized spacial score (nSPS) is 15.2. The number of methoxy groups -OCH3 is 2. The third kappa shape index (κ3) is 3.96. The van der Waals surface area contributed by atoms with Crippen LogP contribution >= 0.6 is 0 Å². The fraction of sp³-hybridized carbons (Fsp3) is 0.261. The summed E-state index contributed by atoms with van der Waals surface area (Å²) in [5, 5.41) is 13.0. The predicted octanol–water partition coefficient (Wildman–Crippen LogP) is 3.73. The highest BCUT2D eigenvalue weighted by Gasteiger charge is 2.34. The molecule has 1 aliphatic heterocycles.